The van der Waals surface area contributed by atoms with Crippen molar-refractivity contribution < 1.29 is 4.74 Å². The minimum Gasteiger partial charge on any atom is -0.490 e. The molecule has 1 heterocycles. The van der Waals surface area contributed by atoms with Gasteiger partial charge in [0.2, 0.25) is 0 Å². The number of ether oxygens (including phenoxy) is 1. The normalized spacial score (nSPS) is 19.1. The van der Waals surface area contributed by atoms with Crippen molar-refractivity contribution >= 4 is 12.6 Å². The van der Waals surface area contributed by atoms with Crippen molar-refractivity contribution in [2.24, 2.45) is 5.41 Å². The summed E-state index contributed by atoms with van der Waals surface area (Å²) < 4.78 is 7.87. The number of thiol groups is 1. The van der Waals surface area contributed by atoms with E-state index < -0.39 is 0 Å². The highest BCUT2D eigenvalue weighted by molar-refractivity contribution is 7.80. The van der Waals surface area contributed by atoms with Crippen molar-refractivity contribution in [1.82, 2.24) is 9.78 Å². The van der Waals surface area contributed by atoms with Gasteiger partial charge in [-0.15, -0.1) is 0 Å². The Bertz CT molecular complexity index is 370. The maximum atomic E-state index is 5.94. The molecule has 18 heavy (non-hydrogen) atoms. The van der Waals surface area contributed by atoms with E-state index in [4.69, 9.17) is 4.74 Å². The van der Waals surface area contributed by atoms with Crippen molar-refractivity contribution in [3.63, 3.8) is 0 Å². The summed E-state index contributed by atoms with van der Waals surface area (Å²) in [5.74, 6) is 1.81. The van der Waals surface area contributed by atoms with E-state index in [1.54, 1.807) is 0 Å². The van der Waals surface area contributed by atoms with Crippen LogP contribution in [0.2, 0.25) is 0 Å². The predicted molar refractivity (Wildman–Crippen MR) is 77.5 cm³/mol. The lowest BCUT2D eigenvalue weighted by Gasteiger charge is -2.35. The van der Waals surface area contributed by atoms with Gasteiger partial charge in [-0.05, 0) is 32.4 Å². The third kappa shape index (κ3) is 3.22. The molecule has 0 radical (unpaired) electrons. The first-order chi connectivity index (χ1) is 8.65. The molecule has 4 heteroatoms. The highest BCUT2D eigenvalue weighted by Gasteiger charge is 2.31. The standard InChI is InChI=1S/C14H24N2OS/c1-12(2)16-9-13(8-15-16)17-10-14(11-18)6-4-3-5-7-14/h8-9,12,18H,3-7,10-11H2,1-2H3. The van der Waals surface area contributed by atoms with Crippen LogP contribution in [0.25, 0.3) is 0 Å². The highest BCUT2D eigenvalue weighted by Crippen LogP contribution is 2.37. The van der Waals surface area contributed by atoms with Crippen LogP contribution in [-0.2, 0) is 0 Å². The SMILES string of the molecule is CC(C)n1cc(OCC2(CS)CCCCC2)cn1. The van der Waals surface area contributed by atoms with Gasteiger partial charge in [-0.3, -0.25) is 4.68 Å². The second kappa shape index (κ2) is 6.00. The van der Waals surface area contributed by atoms with Gasteiger partial charge in [0.1, 0.15) is 0 Å². The predicted octanol–water partition coefficient (Wildman–Crippen LogP) is 3.72. The molecule has 0 aromatic carbocycles. The Labute approximate surface area is 115 Å². The monoisotopic (exact) mass is 268 g/mol. The Morgan fingerprint density at radius 1 is 1.39 bits per heavy atom. The third-order valence-corrected chi connectivity index (χ3v) is 4.57. The maximum absolute atomic E-state index is 5.94. The summed E-state index contributed by atoms with van der Waals surface area (Å²) in [6, 6.07) is 0.385. The zero-order valence-electron chi connectivity index (χ0n) is 11.4. The summed E-state index contributed by atoms with van der Waals surface area (Å²) >= 11 is 4.53. The molecule has 0 N–H and O–H groups in total. The van der Waals surface area contributed by atoms with E-state index in [9.17, 15) is 0 Å². The topological polar surface area (TPSA) is 27.1 Å². The van der Waals surface area contributed by atoms with E-state index in [-0.39, 0.29) is 5.41 Å². The Morgan fingerprint density at radius 2 is 2.11 bits per heavy atom. The largest absolute Gasteiger partial charge is 0.490 e. The zero-order valence-corrected chi connectivity index (χ0v) is 12.3. The molecule has 0 spiro atoms. The van der Waals surface area contributed by atoms with E-state index >= 15 is 0 Å². The third-order valence-electron chi connectivity index (χ3n) is 3.90. The van der Waals surface area contributed by atoms with Crippen molar-refractivity contribution in [3.8, 4) is 5.75 Å². The van der Waals surface area contributed by atoms with Gasteiger partial charge in [-0.1, -0.05) is 19.3 Å². The molecule has 0 amide bonds. The first kappa shape index (κ1) is 13.8. The van der Waals surface area contributed by atoms with Gasteiger partial charge in [0.15, 0.2) is 5.75 Å². The van der Waals surface area contributed by atoms with Crippen LogP contribution in [0.3, 0.4) is 0 Å². The number of rotatable bonds is 5. The molecule has 1 fully saturated rings. The minimum atomic E-state index is 0.279. The number of nitrogens with zero attached hydrogens (tertiary/aromatic N) is 2. The van der Waals surface area contributed by atoms with Gasteiger partial charge in [0.25, 0.3) is 0 Å². The van der Waals surface area contributed by atoms with Crippen LogP contribution in [0.4, 0.5) is 0 Å². The second-order valence-electron chi connectivity index (χ2n) is 5.76. The van der Waals surface area contributed by atoms with Gasteiger partial charge in [-0.25, -0.2) is 0 Å². The van der Waals surface area contributed by atoms with Gasteiger partial charge < -0.3 is 4.74 Å². The van der Waals surface area contributed by atoms with Crippen LogP contribution < -0.4 is 4.74 Å². The smallest absolute Gasteiger partial charge is 0.157 e. The molecule has 102 valence electrons. The van der Waals surface area contributed by atoms with Crippen LogP contribution in [-0.4, -0.2) is 22.1 Å². The molecule has 0 bridgehead atoms. The van der Waals surface area contributed by atoms with Crippen molar-refractivity contribution in [1.29, 1.82) is 0 Å². The zero-order chi connectivity index (χ0) is 13.0. The number of hydrogen-bond donors (Lipinski definition) is 1. The number of aromatic nitrogens is 2. The molecular weight excluding hydrogens is 244 g/mol. The Balaban J connectivity index is 1.92. The van der Waals surface area contributed by atoms with E-state index in [1.807, 2.05) is 17.1 Å². The molecule has 1 aromatic heterocycles. The fraction of sp³-hybridized carbons (Fsp3) is 0.786. The summed E-state index contributed by atoms with van der Waals surface area (Å²) in [4.78, 5) is 0. The van der Waals surface area contributed by atoms with Gasteiger partial charge in [-0.2, -0.15) is 17.7 Å². The molecule has 1 saturated carbocycles. The lowest BCUT2D eigenvalue weighted by Crippen LogP contribution is -2.32. The van der Waals surface area contributed by atoms with E-state index in [1.165, 1.54) is 32.1 Å². The van der Waals surface area contributed by atoms with Gasteiger partial charge in [0.05, 0.1) is 19.0 Å². The fourth-order valence-electron chi connectivity index (χ4n) is 2.56. The van der Waals surface area contributed by atoms with Crippen LogP contribution in [0.5, 0.6) is 5.75 Å². The molecule has 0 atom stereocenters. The first-order valence-corrected chi connectivity index (χ1v) is 7.56. The summed E-state index contributed by atoms with van der Waals surface area (Å²) in [7, 11) is 0. The molecule has 1 aromatic rings. The van der Waals surface area contributed by atoms with Gasteiger partial charge in [0, 0.05) is 11.5 Å². The molecule has 1 aliphatic rings. The molecule has 0 unspecified atom stereocenters. The summed E-state index contributed by atoms with van der Waals surface area (Å²) in [5.41, 5.74) is 0.279. The quantitative estimate of drug-likeness (QED) is 0.824. The molecule has 2 rings (SSSR count). The molecular formula is C14H24N2OS. The van der Waals surface area contributed by atoms with Crippen LogP contribution in [0, 0.1) is 5.41 Å². The Kier molecular flexibility index (Phi) is 4.60. The van der Waals surface area contributed by atoms with Crippen molar-refractivity contribution in [2.45, 2.75) is 52.0 Å². The second-order valence-corrected chi connectivity index (χ2v) is 6.07. The minimum absolute atomic E-state index is 0.279. The van der Waals surface area contributed by atoms with Crippen LogP contribution in [0.15, 0.2) is 12.4 Å². The fourth-order valence-corrected chi connectivity index (χ4v) is 2.97. The molecule has 0 aliphatic heterocycles. The maximum Gasteiger partial charge on any atom is 0.157 e. The Morgan fingerprint density at radius 3 is 2.67 bits per heavy atom. The lowest BCUT2D eigenvalue weighted by atomic mass is 9.76. The van der Waals surface area contributed by atoms with Gasteiger partial charge >= 0.3 is 0 Å². The highest BCUT2D eigenvalue weighted by atomic mass is 32.1. The van der Waals surface area contributed by atoms with Crippen molar-refractivity contribution in [3.05, 3.63) is 12.4 Å². The van der Waals surface area contributed by atoms with Crippen LogP contribution in [0.1, 0.15) is 52.0 Å². The number of hydrogen-bond acceptors (Lipinski definition) is 3. The lowest BCUT2D eigenvalue weighted by molar-refractivity contribution is 0.121. The van der Waals surface area contributed by atoms with E-state index in [2.05, 4.69) is 31.6 Å². The summed E-state index contributed by atoms with van der Waals surface area (Å²) in [6.07, 6.45) is 10.3. The average Bonchev–Trinajstić information content (AvgIpc) is 2.87. The van der Waals surface area contributed by atoms with E-state index in [0.29, 0.717) is 6.04 Å². The van der Waals surface area contributed by atoms with Crippen molar-refractivity contribution in [2.75, 3.05) is 12.4 Å². The molecule has 3 nitrogen and oxygen atoms in total. The van der Waals surface area contributed by atoms with E-state index in [0.717, 1.165) is 18.1 Å². The first-order valence-electron chi connectivity index (χ1n) is 6.93. The molecule has 1 aliphatic carbocycles. The van der Waals surface area contributed by atoms with Crippen LogP contribution >= 0.6 is 12.6 Å². The summed E-state index contributed by atoms with van der Waals surface area (Å²) in [6.45, 7) is 5.01. The Hall–Kier alpha value is -0.640. The average molecular weight is 268 g/mol. The molecule has 0 saturated heterocycles. The summed E-state index contributed by atoms with van der Waals surface area (Å²) in [5, 5.41) is 4.30.